The lowest BCUT2D eigenvalue weighted by atomic mass is 10.1. The summed E-state index contributed by atoms with van der Waals surface area (Å²) in [7, 11) is 0. The Morgan fingerprint density at radius 1 is 1.39 bits per heavy atom. The molecule has 1 N–H and O–H groups in total. The van der Waals surface area contributed by atoms with E-state index in [0.717, 1.165) is 25.0 Å². The minimum atomic E-state index is -4.42. The number of amides is 1. The lowest BCUT2D eigenvalue weighted by molar-refractivity contribution is -0.137. The van der Waals surface area contributed by atoms with Crippen LogP contribution in [0, 0.1) is 11.3 Å². The van der Waals surface area contributed by atoms with Gasteiger partial charge in [-0.05, 0) is 36.6 Å². The van der Waals surface area contributed by atoms with E-state index in [4.69, 9.17) is 10.00 Å². The lowest BCUT2D eigenvalue weighted by Gasteiger charge is -2.10. The highest BCUT2D eigenvalue weighted by Crippen LogP contribution is 2.29. The Labute approximate surface area is 131 Å². The number of nitriles is 1. The van der Waals surface area contributed by atoms with E-state index in [2.05, 4.69) is 5.32 Å². The smallest absolute Gasteiger partial charge is 0.376 e. The Kier molecular flexibility index (Phi) is 5.40. The molecule has 7 heteroatoms. The predicted octanol–water partition coefficient (Wildman–Crippen LogP) is 2.91. The molecule has 0 radical (unpaired) electrons. The van der Waals surface area contributed by atoms with Crippen LogP contribution in [0.1, 0.15) is 24.0 Å². The Bertz CT molecular complexity index is 624. The van der Waals surface area contributed by atoms with E-state index in [9.17, 15) is 18.0 Å². The van der Waals surface area contributed by atoms with Gasteiger partial charge in [-0.15, -0.1) is 0 Å². The second-order valence-electron chi connectivity index (χ2n) is 5.13. The van der Waals surface area contributed by atoms with E-state index in [1.807, 2.05) is 0 Å². The van der Waals surface area contributed by atoms with Crippen LogP contribution in [-0.2, 0) is 15.7 Å². The van der Waals surface area contributed by atoms with Crippen LogP contribution in [0.25, 0.3) is 6.08 Å². The molecule has 1 aliphatic heterocycles. The summed E-state index contributed by atoms with van der Waals surface area (Å²) in [5, 5.41) is 11.6. The van der Waals surface area contributed by atoms with Crippen molar-refractivity contribution >= 4 is 12.0 Å². The second kappa shape index (κ2) is 7.29. The molecule has 1 aromatic carbocycles. The first-order valence-electron chi connectivity index (χ1n) is 7.09. The van der Waals surface area contributed by atoms with Gasteiger partial charge in [0.1, 0.15) is 11.6 Å². The molecular weight excluding hydrogens is 309 g/mol. The molecule has 0 saturated carbocycles. The number of carbonyl (C=O) groups is 1. The largest absolute Gasteiger partial charge is 0.416 e. The molecule has 1 amide bonds. The van der Waals surface area contributed by atoms with Crippen LogP contribution in [0.3, 0.4) is 0 Å². The topological polar surface area (TPSA) is 62.1 Å². The number of alkyl halides is 3. The monoisotopic (exact) mass is 324 g/mol. The van der Waals surface area contributed by atoms with Crippen LogP contribution in [0.15, 0.2) is 29.8 Å². The summed E-state index contributed by atoms with van der Waals surface area (Å²) in [6.45, 7) is 0.970. The van der Waals surface area contributed by atoms with Gasteiger partial charge in [0.2, 0.25) is 0 Å². The van der Waals surface area contributed by atoms with Gasteiger partial charge in [-0.25, -0.2) is 0 Å². The van der Waals surface area contributed by atoms with Gasteiger partial charge in [-0.3, -0.25) is 4.79 Å². The molecule has 4 nitrogen and oxygen atoms in total. The third-order valence-electron chi connectivity index (χ3n) is 3.43. The summed E-state index contributed by atoms with van der Waals surface area (Å²) in [5.74, 6) is -0.567. The molecule has 0 unspecified atom stereocenters. The van der Waals surface area contributed by atoms with E-state index in [1.54, 1.807) is 6.07 Å². The first-order chi connectivity index (χ1) is 10.9. The van der Waals surface area contributed by atoms with Gasteiger partial charge in [0.25, 0.3) is 5.91 Å². The standard InChI is InChI=1S/C16H15F3N2O2/c17-16(18,19)13-5-3-11(4-6-13)8-12(9-20)15(22)21-10-14-2-1-7-23-14/h3-6,8,14H,1-2,7,10H2,(H,21,22)/b12-8+/t14-/m0/s1. The molecule has 1 fully saturated rings. The van der Waals surface area contributed by atoms with Gasteiger partial charge >= 0.3 is 6.18 Å². The zero-order valence-electron chi connectivity index (χ0n) is 12.2. The fourth-order valence-corrected chi connectivity index (χ4v) is 2.19. The van der Waals surface area contributed by atoms with E-state index in [-0.39, 0.29) is 11.7 Å². The van der Waals surface area contributed by atoms with E-state index >= 15 is 0 Å². The number of hydrogen-bond acceptors (Lipinski definition) is 3. The molecule has 1 saturated heterocycles. The van der Waals surface area contributed by atoms with Crippen LogP contribution >= 0.6 is 0 Å². The minimum absolute atomic E-state index is 0.0510. The van der Waals surface area contributed by atoms with Crippen molar-refractivity contribution in [1.29, 1.82) is 5.26 Å². The van der Waals surface area contributed by atoms with E-state index in [1.165, 1.54) is 18.2 Å². The molecule has 0 bridgehead atoms. The second-order valence-corrected chi connectivity index (χ2v) is 5.13. The number of hydrogen-bond donors (Lipinski definition) is 1. The Morgan fingerprint density at radius 2 is 2.09 bits per heavy atom. The molecular formula is C16H15F3N2O2. The Morgan fingerprint density at radius 3 is 2.61 bits per heavy atom. The minimum Gasteiger partial charge on any atom is -0.376 e. The highest BCUT2D eigenvalue weighted by Gasteiger charge is 2.29. The van der Waals surface area contributed by atoms with Gasteiger partial charge in [0.15, 0.2) is 0 Å². The molecule has 0 aromatic heterocycles. The average molecular weight is 324 g/mol. The number of halogens is 3. The number of rotatable bonds is 4. The normalized spacial score (nSPS) is 18.5. The van der Waals surface area contributed by atoms with Crippen LogP contribution in [0.5, 0.6) is 0 Å². The molecule has 1 heterocycles. The Balaban J connectivity index is 2.02. The maximum Gasteiger partial charge on any atom is 0.416 e. The summed E-state index contributed by atoms with van der Waals surface area (Å²) in [5.41, 5.74) is -0.597. The van der Waals surface area contributed by atoms with Crippen LogP contribution in [0.4, 0.5) is 13.2 Å². The number of carbonyl (C=O) groups excluding carboxylic acids is 1. The molecule has 2 rings (SSSR count). The molecule has 122 valence electrons. The number of nitrogens with zero attached hydrogens (tertiary/aromatic N) is 1. The average Bonchev–Trinajstić information content (AvgIpc) is 3.03. The van der Waals surface area contributed by atoms with Gasteiger partial charge in [0.05, 0.1) is 11.7 Å². The molecule has 23 heavy (non-hydrogen) atoms. The SMILES string of the molecule is N#C/C(=C\c1ccc(C(F)(F)F)cc1)C(=O)NC[C@@H]1CCCO1. The van der Waals surface area contributed by atoms with Crippen molar-refractivity contribution in [1.82, 2.24) is 5.32 Å². The Hall–Kier alpha value is -2.33. The van der Waals surface area contributed by atoms with Gasteiger partial charge in [-0.2, -0.15) is 18.4 Å². The molecule has 1 aromatic rings. The molecule has 1 atom stereocenters. The third kappa shape index (κ3) is 4.83. The predicted molar refractivity (Wildman–Crippen MR) is 77.0 cm³/mol. The molecule has 0 aliphatic carbocycles. The highest BCUT2D eigenvalue weighted by atomic mass is 19.4. The fourth-order valence-electron chi connectivity index (χ4n) is 2.19. The highest BCUT2D eigenvalue weighted by molar-refractivity contribution is 6.01. The molecule has 1 aliphatic rings. The summed E-state index contributed by atoms with van der Waals surface area (Å²) in [4.78, 5) is 11.9. The van der Waals surface area contributed by atoms with Crippen molar-refractivity contribution in [2.45, 2.75) is 25.1 Å². The zero-order valence-corrected chi connectivity index (χ0v) is 12.2. The summed E-state index contributed by atoms with van der Waals surface area (Å²) >= 11 is 0. The summed E-state index contributed by atoms with van der Waals surface area (Å²) in [6.07, 6.45) is -1.42. The number of nitrogens with one attached hydrogen (secondary N) is 1. The fraction of sp³-hybridized carbons (Fsp3) is 0.375. The van der Waals surface area contributed by atoms with Crippen molar-refractivity contribution in [2.24, 2.45) is 0 Å². The van der Waals surface area contributed by atoms with Gasteiger partial charge in [0, 0.05) is 13.2 Å². The van der Waals surface area contributed by atoms with E-state index in [0.29, 0.717) is 18.7 Å². The van der Waals surface area contributed by atoms with Crippen molar-refractivity contribution in [3.8, 4) is 6.07 Å². The zero-order chi connectivity index (χ0) is 16.9. The summed E-state index contributed by atoms with van der Waals surface area (Å²) < 4.78 is 42.8. The third-order valence-corrected chi connectivity index (χ3v) is 3.43. The van der Waals surface area contributed by atoms with Crippen molar-refractivity contribution in [2.75, 3.05) is 13.2 Å². The van der Waals surface area contributed by atoms with Crippen molar-refractivity contribution in [3.63, 3.8) is 0 Å². The van der Waals surface area contributed by atoms with Gasteiger partial charge in [-0.1, -0.05) is 12.1 Å². The first-order valence-corrected chi connectivity index (χ1v) is 7.09. The quantitative estimate of drug-likeness (QED) is 0.684. The van der Waals surface area contributed by atoms with Crippen LogP contribution in [0.2, 0.25) is 0 Å². The van der Waals surface area contributed by atoms with Gasteiger partial charge < -0.3 is 10.1 Å². The number of benzene rings is 1. The van der Waals surface area contributed by atoms with E-state index < -0.39 is 17.6 Å². The molecule has 0 spiro atoms. The lowest BCUT2D eigenvalue weighted by Crippen LogP contribution is -2.32. The van der Waals surface area contributed by atoms with Crippen molar-refractivity contribution in [3.05, 3.63) is 41.0 Å². The maximum absolute atomic E-state index is 12.5. The summed E-state index contributed by atoms with van der Waals surface area (Å²) in [6, 6.07) is 6.00. The van der Waals surface area contributed by atoms with Crippen LogP contribution < -0.4 is 5.32 Å². The number of ether oxygens (including phenoxy) is 1. The first kappa shape index (κ1) is 17.0. The van der Waals surface area contributed by atoms with Crippen molar-refractivity contribution < 1.29 is 22.7 Å². The van der Waals surface area contributed by atoms with Crippen LogP contribution in [-0.4, -0.2) is 25.2 Å². The maximum atomic E-state index is 12.5.